The first kappa shape index (κ1) is 14.0. The second-order valence-corrected chi connectivity index (χ2v) is 3.72. The predicted molar refractivity (Wildman–Crippen MR) is 62.2 cm³/mol. The Bertz CT molecular complexity index is 461. The van der Waals surface area contributed by atoms with Crippen molar-refractivity contribution in [3.8, 4) is 5.75 Å². The van der Waals surface area contributed by atoms with Crippen LogP contribution in [-0.4, -0.2) is 42.6 Å². The molecule has 0 saturated heterocycles. The van der Waals surface area contributed by atoms with Gasteiger partial charge in [0.15, 0.2) is 0 Å². The van der Waals surface area contributed by atoms with Crippen LogP contribution in [0.1, 0.15) is 16.8 Å². The van der Waals surface area contributed by atoms with E-state index in [2.05, 4.69) is 0 Å². The standard InChI is InChI=1S/C12H14FNO4/c1-14(6-5-11(15)16)12(17)9-7-8(13)3-4-10(9)18-2/h3-4,7H,5-6H2,1-2H3,(H,15,16). The number of carbonyl (C=O) groups is 2. The largest absolute Gasteiger partial charge is 0.496 e. The number of halogens is 1. The lowest BCUT2D eigenvalue weighted by atomic mass is 10.1. The van der Waals surface area contributed by atoms with Gasteiger partial charge in [0.25, 0.3) is 5.91 Å². The number of aliphatic carboxylic acids is 1. The Labute approximate surface area is 104 Å². The third-order valence-corrected chi connectivity index (χ3v) is 2.40. The van der Waals surface area contributed by atoms with Gasteiger partial charge in [-0.05, 0) is 18.2 Å². The smallest absolute Gasteiger partial charge is 0.305 e. The number of carboxylic acids is 1. The Morgan fingerprint density at radius 2 is 2.11 bits per heavy atom. The zero-order valence-corrected chi connectivity index (χ0v) is 10.1. The Hall–Kier alpha value is -2.11. The molecule has 1 rings (SSSR count). The Morgan fingerprint density at radius 1 is 1.44 bits per heavy atom. The minimum absolute atomic E-state index is 0.0494. The van der Waals surface area contributed by atoms with Crippen molar-refractivity contribution in [3.05, 3.63) is 29.6 Å². The highest BCUT2D eigenvalue weighted by molar-refractivity contribution is 5.96. The van der Waals surface area contributed by atoms with Gasteiger partial charge in [-0.25, -0.2) is 4.39 Å². The molecule has 0 aliphatic rings. The van der Waals surface area contributed by atoms with Gasteiger partial charge < -0.3 is 14.7 Å². The Morgan fingerprint density at radius 3 is 2.67 bits per heavy atom. The molecule has 0 heterocycles. The molecule has 0 aliphatic carbocycles. The van der Waals surface area contributed by atoms with Crippen LogP contribution in [-0.2, 0) is 4.79 Å². The van der Waals surface area contributed by atoms with Crippen molar-refractivity contribution in [1.82, 2.24) is 4.90 Å². The van der Waals surface area contributed by atoms with Crippen molar-refractivity contribution in [3.63, 3.8) is 0 Å². The van der Waals surface area contributed by atoms with Crippen LogP contribution in [0.4, 0.5) is 4.39 Å². The Kier molecular flexibility index (Phi) is 4.65. The van der Waals surface area contributed by atoms with Gasteiger partial charge in [0.2, 0.25) is 0 Å². The summed E-state index contributed by atoms with van der Waals surface area (Å²) in [5, 5.41) is 8.54. The lowest BCUT2D eigenvalue weighted by Crippen LogP contribution is -2.29. The van der Waals surface area contributed by atoms with E-state index in [0.29, 0.717) is 0 Å². The molecule has 0 aliphatic heterocycles. The maximum atomic E-state index is 13.1. The molecule has 0 radical (unpaired) electrons. The number of ether oxygens (including phenoxy) is 1. The van der Waals surface area contributed by atoms with Gasteiger partial charge in [0.05, 0.1) is 19.1 Å². The maximum Gasteiger partial charge on any atom is 0.305 e. The summed E-state index contributed by atoms with van der Waals surface area (Å²) in [6, 6.07) is 3.61. The quantitative estimate of drug-likeness (QED) is 0.863. The number of rotatable bonds is 5. The zero-order chi connectivity index (χ0) is 13.7. The average Bonchev–Trinajstić information content (AvgIpc) is 2.34. The van der Waals surface area contributed by atoms with Crippen LogP contribution in [0.3, 0.4) is 0 Å². The van der Waals surface area contributed by atoms with Crippen molar-refractivity contribution < 1.29 is 23.8 Å². The fourth-order valence-electron chi connectivity index (χ4n) is 1.42. The van der Waals surface area contributed by atoms with E-state index in [1.54, 1.807) is 0 Å². The van der Waals surface area contributed by atoms with E-state index in [-0.39, 0.29) is 24.3 Å². The molecule has 98 valence electrons. The molecule has 0 saturated carbocycles. The molecule has 0 fully saturated rings. The maximum absolute atomic E-state index is 13.1. The van der Waals surface area contributed by atoms with Gasteiger partial charge >= 0.3 is 5.97 Å². The van der Waals surface area contributed by atoms with E-state index in [9.17, 15) is 14.0 Å². The molecule has 0 bridgehead atoms. The average molecular weight is 255 g/mol. The summed E-state index contributed by atoms with van der Waals surface area (Å²) in [4.78, 5) is 23.6. The van der Waals surface area contributed by atoms with Crippen molar-refractivity contribution >= 4 is 11.9 Å². The predicted octanol–water partition coefficient (Wildman–Crippen LogP) is 1.38. The van der Waals surface area contributed by atoms with Gasteiger partial charge in [0, 0.05) is 13.6 Å². The fraction of sp³-hybridized carbons (Fsp3) is 0.333. The number of amides is 1. The van der Waals surface area contributed by atoms with Crippen molar-refractivity contribution in [2.75, 3.05) is 20.7 Å². The number of carbonyl (C=O) groups excluding carboxylic acids is 1. The van der Waals surface area contributed by atoms with Gasteiger partial charge in [-0.3, -0.25) is 9.59 Å². The first-order chi connectivity index (χ1) is 8.45. The van der Waals surface area contributed by atoms with Gasteiger partial charge in [-0.2, -0.15) is 0 Å². The molecule has 0 spiro atoms. The van der Waals surface area contributed by atoms with E-state index < -0.39 is 17.7 Å². The lowest BCUT2D eigenvalue weighted by Gasteiger charge is -2.17. The fourth-order valence-corrected chi connectivity index (χ4v) is 1.42. The van der Waals surface area contributed by atoms with Gasteiger partial charge in [-0.1, -0.05) is 0 Å². The van der Waals surface area contributed by atoms with Gasteiger partial charge in [-0.15, -0.1) is 0 Å². The number of hydrogen-bond acceptors (Lipinski definition) is 3. The highest BCUT2D eigenvalue weighted by Gasteiger charge is 2.17. The molecule has 1 amide bonds. The summed E-state index contributed by atoms with van der Waals surface area (Å²) < 4.78 is 18.1. The molecule has 1 aromatic carbocycles. The summed E-state index contributed by atoms with van der Waals surface area (Å²) in [7, 11) is 2.83. The number of methoxy groups -OCH3 is 1. The SMILES string of the molecule is COc1ccc(F)cc1C(=O)N(C)CCC(=O)O. The summed E-state index contributed by atoms with van der Waals surface area (Å²) in [5.74, 6) is -1.78. The molecular weight excluding hydrogens is 241 g/mol. The van der Waals surface area contributed by atoms with Gasteiger partial charge in [0.1, 0.15) is 11.6 Å². The summed E-state index contributed by atoms with van der Waals surface area (Å²) in [5.41, 5.74) is 0.0744. The van der Waals surface area contributed by atoms with Crippen LogP contribution in [0.15, 0.2) is 18.2 Å². The summed E-state index contributed by atoms with van der Waals surface area (Å²) in [6.07, 6.45) is -0.167. The molecule has 6 heteroatoms. The minimum atomic E-state index is -0.999. The van der Waals surface area contributed by atoms with E-state index in [0.717, 1.165) is 6.07 Å². The summed E-state index contributed by atoms with van der Waals surface area (Å²) in [6.45, 7) is 0.0494. The highest BCUT2D eigenvalue weighted by Crippen LogP contribution is 2.20. The molecular formula is C12H14FNO4. The normalized spacial score (nSPS) is 9.94. The third kappa shape index (κ3) is 3.44. The number of carboxylic acid groups (broad SMARTS) is 1. The third-order valence-electron chi connectivity index (χ3n) is 2.40. The molecule has 1 aromatic rings. The second-order valence-electron chi connectivity index (χ2n) is 3.72. The summed E-state index contributed by atoms with van der Waals surface area (Å²) >= 11 is 0. The number of benzene rings is 1. The van der Waals surface area contributed by atoms with Crippen LogP contribution in [0, 0.1) is 5.82 Å². The van der Waals surface area contributed by atoms with Crippen molar-refractivity contribution in [2.24, 2.45) is 0 Å². The Balaban J connectivity index is 2.88. The van der Waals surface area contributed by atoms with E-state index in [1.165, 1.54) is 31.2 Å². The monoisotopic (exact) mass is 255 g/mol. The van der Waals surface area contributed by atoms with E-state index in [4.69, 9.17) is 9.84 Å². The zero-order valence-electron chi connectivity index (χ0n) is 10.1. The first-order valence-electron chi connectivity index (χ1n) is 5.26. The molecule has 5 nitrogen and oxygen atoms in total. The van der Waals surface area contributed by atoms with E-state index in [1.807, 2.05) is 0 Å². The number of hydrogen-bond donors (Lipinski definition) is 1. The van der Waals surface area contributed by atoms with Crippen LogP contribution in [0.2, 0.25) is 0 Å². The molecule has 0 unspecified atom stereocenters. The van der Waals surface area contributed by atoms with Crippen LogP contribution in [0.25, 0.3) is 0 Å². The molecule has 1 N–H and O–H groups in total. The number of nitrogens with zero attached hydrogens (tertiary/aromatic N) is 1. The first-order valence-corrected chi connectivity index (χ1v) is 5.26. The van der Waals surface area contributed by atoms with Crippen LogP contribution in [0.5, 0.6) is 5.75 Å². The van der Waals surface area contributed by atoms with Crippen LogP contribution >= 0.6 is 0 Å². The highest BCUT2D eigenvalue weighted by atomic mass is 19.1. The lowest BCUT2D eigenvalue weighted by molar-refractivity contribution is -0.137. The van der Waals surface area contributed by atoms with Crippen molar-refractivity contribution in [2.45, 2.75) is 6.42 Å². The minimum Gasteiger partial charge on any atom is -0.496 e. The van der Waals surface area contributed by atoms with Crippen molar-refractivity contribution in [1.29, 1.82) is 0 Å². The van der Waals surface area contributed by atoms with Crippen LogP contribution < -0.4 is 4.74 Å². The molecule has 0 atom stereocenters. The molecule has 18 heavy (non-hydrogen) atoms. The topological polar surface area (TPSA) is 66.8 Å². The second kappa shape index (κ2) is 6.00. The van der Waals surface area contributed by atoms with E-state index >= 15 is 0 Å². The molecule has 0 aromatic heterocycles.